The number of amides is 2. The van der Waals surface area contributed by atoms with Gasteiger partial charge in [0.1, 0.15) is 18.8 Å². The van der Waals surface area contributed by atoms with Gasteiger partial charge in [-0.3, -0.25) is 9.59 Å². The molecule has 188 valence electrons. The number of anilines is 1. The summed E-state index contributed by atoms with van der Waals surface area (Å²) in [6.45, 7) is 0.227. The quantitative estimate of drug-likeness (QED) is 0.129. The van der Waals surface area contributed by atoms with Crippen molar-refractivity contribution in [1.29, 1.82) is 0 Å². The molecule has 0 aromatic heterocycles. The molecule has 0 atom stereocenters. The molecule has 0 aliphatic rings. The number of methoxy groups -OCH3 is 2. The van der Waals surface area contributed by atoms with Gasteiger partial charge in [0, 0.05) is 21.3 Å². The zero-order valence-corrected chi connectivity index (χ0v) is 23.0. The summed E-state index contributed by atoms with van der Waals surface area (Å²) in [4.78, 5) is 24.2. The van der Waals surface area contributed by atoms with Crippen LogP contribution in [0.25, 0.3) is 0 Å². The summed E-state index contributed by atoms with van der Waals surface area (Å²) in [5.41, 5.74) is 4.34. The first-order chi connectivity index (χ1) is 17.3. The Morgan fingerprint density at radius 1 is 1.00 bits per heavy atom. The Kier molecular flexibility index (Phi) is 10.2. The van der Waals surface area contributed by atoms with E-state index in [1.54, 1.807) is 55.6 Å². The van der Waals surface area contributed by atoms with Gasteiger partial charge >= 0.3 is 0 Å². The highest BCUT2D eigenvalue weighted by Crippen LogP contribution is 2.35. The number of nitrogens with one attached hydrogen (secondary N) is 2. The molecule has 0 spiro atoms. The molecule has 3 aromatic carbocycles. The number of carbonyl (C=O) groups is 2. The third kappa shape index (κ3) is 8.00. The molecule has 2 amide bonds. The fourth-order valence-electron chi connectivity index (χ4n) is 2.99. The molecule has 0 aliphatic carbocycles. The summed E-state index contributed by atoms with van der Waals surface area (Å²) < 4.78 is 17.2. The SMILES string of the molecule is COc1ccc(NC(=O)CC(=O)NN=Cc2cc(I)c(OCc3ccc(Cl)cc3Cl)c(OC)c2)cc1. The van der Waals surface area contributed by atoms with Crippen LogP contribution in [0, 0.1) is 3.57 Å². The van der Waals surface area contributed by atoms with Gasteiger partial charge < -0.3 is 19.5 Å². The van der Waals surface area contributed by atoms with E-state index in [1.165, 1.54) is 13.3 Å². The number of hydrogen-bond acceptors (Lipinski definition) is 6. The number of hydrogen-bond donors (Lipinski definition) is 2. The molecule has 0 bridgehead atoms. The molecule has 0 radical (unpaired) electrons. The monoisotopic (exact) mass is 641 g/mol. The molecule has 0 saturated carbocycles. The lowest BCUT2D eigenvalue weighted by Crippen LogP contribution is -2.24. The van der Waals surface area contributed by atoms with Crippen LogP contribution >= 0.6 is 45.8 Å². The second-order valence-corrected chi connectivity index (χ2v) is 9.31. The second kappa shape index (κ2) is 13.3. The van der Waals surface area contributed by atoms with Crippen LogP contribution in [0.15, 0.2) is 59.7 Å². The summed E-state index contributed by atoms with van der Waals surface area (Å²) in [6.07, 6.45) is 1.06. The predicted molar refractivity (Wildman–Crippen MR) is 148 cm³/mol. The van der Waals surface area contributed by atoms with Crippen LogP contribution in [0.5, 0.6) is 17.2 Å². The maximum atomic E-state index is 12.1. The third-order valence-corrected chi connectivity index (χ3v) is 6.12. The van der Waals surface area contributed by atoms with Crippen molar-refractivity contribution >= 4 is 69.5 Å². The molecule has 36 heavy (non-hydrogen) atoms. The van der Waals surface area contributed by atoms with Crippen LogP contribution in [-0.4, -0.2) is 32.2 Å². The Balaban J connectivity index is 1.56. The zero-order valence-electron chi connectivity index (χ0n) is 19.3. The Morgan fingerprint density at radius 3 is 2.42 bits per heavy atom. The molecular weight excluding hydrogens is 620 g/mol. The van der Waals surface area contributed by atoms with Crippen LogP contribution in [-0.2, 0) is 16.2 Å². The molecule has 3 rings (SSSR count). The number of nitrogens with zero attached hydrogens (tertiary/aromatic N) is 1. The topological polar surface area (TPSA) is 98.2 Å². The molecule has 0 unspecified atom stereocenters. The highest BCUT2D eigenvalue weighted by atomic mass is 127. The summed E-state index contributed by atoms with van der Waals surface area (Å²) in [7, 11) is 3.08. The van der Waals surface area contributed by atoms with Crippen molar-refractivity contribution in [3.05, 3.63) is 79.3 Å². The van der Waals surface area contributed by atoms with E-state index in [0.717, 1.165) is 9.13 Å². The predicted octanol–water partition coefficient (Wildman–Crippen LogP) is 5.67. The van der Waals surface area contributed by atoms with E-state index in [2.05, 4.69) is 38.4 Å². The van der Waals surface area contributed by atoms with Crippen molar-refractivity contribution in [2.75, 3.05) is 19.5 Å². The van der Waals surface area contributed by atoms with Gasteiger partial charge in [0.05, 0.1) is 24.0 Å². The van der Waals surface area contributed by atoms with E-state index in [4.69, 9.17) is 37.4 Å². The summed E-state index contributed by atoms with van der Waals surface area (Å²) in [5.74, 6) is 0.668. The number of halogens is 3. The lowest BCUT2D eigenvalue weighted by atomic mass is 10.2. The van der Waals surface area contributed by atoms with Gasteiger partial charge in [-0.2, -0.15) is 5.10 Å². The van der Waals surface area contributed by atoms with Crippen molar-refractivity contribution in [3.63, 3.8) is 0 Å². The Hall–Kier alpha value is -3.02. The van der Waals surface area contributed by atoms with E-state index < -0.39 is 11.8 Å². The minimum absolute atomic E-state index is 0.227. The average molecular weight is 642 g/mol. The van der Waals surface area contributed by atoms with E-state index in [-0.39, 0.29) is 13.0 Å². The standard InChI is InChI=1S/C25H22Cl2IN3O5/c1-34-19-7-5-18(6-8-19)30-23(32)12-24(33)31-29-13-15-9-21(28)25(22(10-15)35-2)36-14-16-3-4-17(26)11-20(16)27/h3-11,13H,12,14H2,1-2H3,(H,30,32)(H,31,33). The first-order valence-corrected chi connectivity index (χ1v) is 12.3. The maximum Gasteiger partial charge on any atom is 0.249 e. The smallest absolute Gasteiger partial charge is 0.249 e. The molecule has 8 nitrogen and oxygen atoms in total. The van der Waals surface area contributed by atoms with Crippen molar-refractivity contribution in [2.45, 2.75) is 13.0 Å². The van der Waals surface area contributed by atoms with Crippen LogP contribution in [0.4, 0.5) is 5.69 Å². The van der Waals surface area contributed by atoms with E-state index in [1.807, 2.05) is 6.07 Å². The number of ether oxygens (including phenoxy) is 3. The van der Waals surface area contributed by atoms with Crippen LogP contribution in [0.3, 0.4) is 0 Å². The Labute approximate surface area is 232 Å². The van der Waals surface area contributed by atoms with Crippen molar-refractivity contribution in [1.82, 2.24) is 5.43 Å². The molecule has 0 fully saturated rings. The lowest BCUT2D eigenvalue weighted by molar-refractivity contribution is -0.126. The van der Waals surface area contributed by atoms with Crippen molar-refractivity contribution in [2.24, 2.45) is 5.10 Å². The lowest BCUT2D eigenvalue weighted by Gasteiger charge is -2.14. The van der Waals surface area contributed by atoms with Crippen molar-refractivity contribution < 1.29 is 23.8 Å². The molecule has 0 aliphatic heterocycles. The van der Waals surface area contributed by atoms with E-state index in [9.17, 15) is 9.59 Å². The number of benzene rings is 3. The van der Waals surface area contributed by atoms with Crippen molar-refractivity contribution in [3.8, 4) is 17.2 Å². The summed E-state index contributed by atoms with van der Waals surface area (Å²) >= 11 is 14.3. The number of carbonyl (C=O) groups excluding carboxylic acids is 2. The summed E-state index contributed by atoms with van der Waals surface area (Å²) in [5, 5.41) is 7.62. The minimum Gasteiger partial charge on any atom is -0.497 e. The van der Waals surface area contributed by atoms with Gasteiger partial charge in [-0.1, -0.05) is 29.3 Å². The zero-order chi connectivity index (χ0) is 26.1. The fourth-order valence-corrected chi connectivity index (χ4v) is 4.23. The first kappa shape index (κ1) is 27.6. The summed E-state index contributed by atoms with van der Waals surface area (Å²) in [6, 6.07) is 15.5. The van der Waals surface area contributed by atoms with Gasteiger partial charge in [0.2, 0.25) is 11.8 Å². The maximum absolute atomic E-state index is 12.1. The normalized spacial score (nSPS) is 10.7. The third-order valence-electron chi connectivity index (χ3n) is 4.74. The van der Waals surface area contributed by atoms with Gasteiger partial charge in [0.25, 0.3) is 0 Å². The van der Waals surface area contributed by atoms with Crippen LogP contribution in [0.1, 0.15) is 17.5 Å². The molecular formula is C25H22Cl2IN3O5. The molecule has 0 saturated heterocycles. The molecule has 0 heterocycles. The average Bonchev–Trinajstić information content (AvgIpc) is 2.84. The van der Waals surface area contributed by atoms with Gasteiger partial charge in [-0.25, -0.2) is 5.43 Å². The molecule has 3 aromatic rings. The fraction of sp³-hybridized carbons (Fsp3) is 0.160. The second-order valence-electron chi connectivity index (χ2n) is 7.31. The largest absolute Gasteiger partial charge is 0.497 e. The minimum atomic E-state index is -0.557. The highest BCUT2D eigenvalue weighted by molar-refractivity contribution is 14.1. The number of hydrazone groups is 1. The van der Waals surface area contributed by atoms with Crippen LogP contribution < -0.4 is 25.0 Å². The van der Waals surface area contributed by atoms with Crippen LogP contribution in [0.2, 0.25) is 10.0 Å². The molecule has 2 N–H and O–H groups in total. The van der Waals surface area contributed by atoms with Gasteiger partial charge in [0.15, 0.2) is 11.5 Å². The molecule has 11 heteroatoms. The van der Waals surface area contributed by atoms with E-state index in [0.29, 0.717) is 38.5 Å². The Bertz CT molecular complexity index is 1270. The van der Waals surface area contributed by atoms with Gasteiger partial charge in [-0.15, -0.1) is 0 Å². The van der Waals surface area contributed by atoms with E-state index >= 15 is 0 Å². The highest BCUT2D eigenvalue weighted by Gasteiger charge is 2.13. The van der Waals surface area contributed by atoms with Gasteiger partial charge in [-0.05, 0) is 76.7 Å². The first-order valence-electron chi connectivity index (χ1n) is 10.5. The number of rotatable bonds is 10. The Morgan fingerprint density at radius 2 is 1.75 bits per heavy atom.